The van der Waals surface area contributed by atoms with Crippen LogP contribution < -0.4 is 15.6 Å². The van der Waals surface area contributed by atoms with Crippen molar-refractivity contribution in [1.82, 2.24) is 10.7 Å². The smallest absolute Gasteiger partial charge is 0.287 e. The second-order valence-corrected chi connectivity index (χ2v) is 7.15. The van der Waals surface area contributed by atoms with Crippen molar-refractivity contribution in [1.29, 1.82) is 0 Å². The Morgan fingerprint density at radius 1 is 0.875 bits per heavy atom. The van der Waals surface area contributed by atoms with E-state index in [-0.39, 0.29) is 11.4 Å². The molecule has 0 fully saturated rings. The van der Waals surface area contributed by atoms with Crippen molar-refractivity contribution >= 4 is 29.8 Å². The fourth-order valence-electron chi connectivity index (χ4n) is 2.76. The van der Waals surface area contributed by atoms with Crippen LogP contribution in [-0.4, -0.2) is 37.2 Å². The van der Waals surface area contributed by atoms with Crippen molar-refractivity contribution in [2.75, 3.05) is 19.0 Å². The average Bonchev–Trinajstić information content (AvgIpc) is 2.80. The summed E-state index contributed by atoms with van der Waals surface area (Å²) in [7, 11) is 3.88. The predicted molar refractivity (Wildman–Crippen MR) is 126 cm³/mol. The predicted octanol–water partition coefficient (Wildman–Crippen LogP) is 3.38. The van der Waals surface area contributed by atoms with Gasteiger partial charge in [0, 0.05) is 25.3 Å². The molecule has 0 atom stereocenters. The normalized spacial score (nSPS) is 11.2. The van der Waals surface area contributed by atoms with E-state index in [1.807, 2.05) is 49.3 Å². The van der Waals surface area contributed by atoms with Crippen LogP contribution in [-0.2, 0) is 4.79 Å². The lowest BCUT2D eigenvalue weighted by Crippen LogP contribution is -2.32. The zero-order valence-corrected chi connectivity index (χ0v) is 17.8. The Morgan fingerprint density at radius 2 is 1.50 bits per heavy atom. The largest absolute Gasteiger partial charge is 0.508 e. The van der Waals surface area contributed by atoms with Gasteiger partial charge >= 0.3 is 0 Å². The number of carbonyl (C=O) groups excluding carboxylic acids is 2. The van der Waals surface area contributed by atoms with E-state index in [4.69, 9.17) is 0 Å². The fraction of sp³-hybridized carbons (Fsp3) is 0.0800. The zero-order valence-electron chi connectivity index (χ0n) is 17.8. The summed E-state index contributed by atoms with van der Waals surface area (Å²) in [4.78, 5) is 27.4. The third-order valence-electron chi connectivity index (χ3n) is 4.52. The highest BCUT2D eigenvalue weighted by Crippen LogP contribution is 2.15. The molecule has 162 valence electrons. The fourth-order valence-corrected chi connectivity index (χ4v) is 2.76. The van der Waals surface area contributed by atoms with Crippen LogP contribution in [0.3, 0.4) is 0 Å². The summed E-state index contributed by atoms with van der Waals surface area (Å²) in [6.07, 6.45) is 3.03. The third kappa shape index (κ3) is 6.30. The van der Waals surface area contributed by atoms with E-state index < -0.39 is 11.8 Å². The summed E-state index contributed by atoms with van der Waals surface area (Å²) in [6, 6.07) is 22.6. The molecule has 7 nitrogen and oxygen atoms in total. The standard InChI is InChI=1S/C25H24N4O3/c1-29(2)21-12-8-18(9-13-21)16-23(27-24(31)20-6-4-3-5-7-20)25(32)28-26-17-19-10-14-22(30)15-11-19/h3-17,30H,1-2H3,(H,27,31)(H,28,32)/b23-16-,26-17+. The first kappa shape index (κ1) is 22.3. The number of nitrogens with one attached hydrogen (secondary N) is 2. The molecule has 7 heteroatoms. The number of phenols is 1. The SMILES string of the molecule is CN(C)c1ccc(/C=C(\NC(=O)c2ccccc2)C(=O)N/N=C/c2ccc(O)cc2)cc1. The second kappa shape index (κ2) is 10.6. The van der Waals surface area contributed by atoms with E-state index in [2.05, 4.69) is 15.8 Å². The molecule has 0 saturated carbocycles. The van der Waals surface area contributed by atoms with E-state index in [9.17, 15) is 14.7 Å². The highest BCUT2D eigenvalue weighted by molar-refractivity contribution is 6.05. The maximum absolute atomic E-state index is 12.8. The molecule has 0 bridgehead atoms. The lowest BCUT2D eigenvalue weighted by molar-refractivity contribution is -0.117. The van der Waals surface area contributed by atoms with Crippen LogP contribution in [0.15, 0.2) is 89.7 Å². The molecule has 0 saturated heterocycles. The van der Waals surface area contributed by atoms with E-state index in [0.717, 1.165) is 11.3 Å². The molecule has 3 N–H and O–H groups in total. The molecule has 0 heterocycles. The van der Waals surface area contributed by atoms with Gasteiger partial charge in [-0.2, -0.15) is 5.10 Å². The first-order valence-electron chi connectivity index (χ1n) is 9.90. The summed E-state index contributed by atoms with van der Waals surface area (Å²) in [6.45, 7) is 0. The molecule has 0 aromatic heterocycles. The van der Waals surface area contributed by atoms with Gasteiger partial charge in [-0.3, -0.25) is 9.59 Å². The molecule has 0 aliphatic carbocycles. The number of carbonyl (C=O) groups is 2. The highest BCUT2D eigenvalue weighted by Gasteiger charge is 2.14. The number of hydrogen-bond acceptors (Lipinski definition) is 5. The van der Waals surface area contributed by atoms with Gasteiger partial charge in [0.15, 0.2) is 0 Å². The van der Waals surface area contributed by atoms with Crippen LogP contribution in [0.2, 0.25) is 0 Å². The first-order chi connectivity index (χ1) is 15.4. The summed E-state index contributed by atoms with van der Waals surface area (Å²) in [5.41, 5.74) is 5.37. The number of amides is 2. The summed E-state index contributed by atoms with van der Waals surface area (Å²) in [5.74, 6) is -0.833. The van der Waals surface area contributed by atoms with Gasteiger partial charge in [0.2, 0.25) is 0 Å². The molecule has 0 aliphatic rings. The Morgan fingerprint density at radius 3 is 2.12 bits per heavy atom. The average molecular weight is 428 g/mol. The molecule has 3 aromatic rings. The van der Waals surface area contributed by atoms with Crippen LogP contribution >= 0.6 is 0 Å². The molecule has 0 aliphatic heterocycles. The Kier molecular flexibility index (Phi) is 7.37. The summed E-state index contributed by atoms with van der Waals surface area (Å²) >= 11 is 0. The van der Waals surface area contributed by atoms with E-state index >= 15 is 0 Å². The van der Waals surface area contributed by atoms with Crippen LogP contribution in [0.25, 0.3) is 6.08 Å². The molecule has 0 spiro atoms. The molecule has 0 unspecified atom stereocenters. The topological polar surface area (TPSA) is 94.0 Å². The molecule has 2 amide bonds. The van der Waals surface area contributed by atoms with E-state index in [1.54, 1.807) is 42.5 Å². The van der Waals surface area contributed by atoms with Crippen molar-refractivity contribution in [3.05, 3.63) is 101 Å². The Bertz CT molecular complexity index is 1120. The van der Waals surface area contributed by atoms with Crippen molar-refractivity contribution < 1.29 is 14.7 Å². The number of aromatic hydroxyl groups is 1. The highest BCUT2D eigenvalue weighted by atomic mass is 16.3. The first-order valence-corrected chi connectivity index (χ1v) is 9.90. The Hall–Kier alpha value is -4.39. The van der Waals surface area contributed by atoms with Crippen LogP contribution in [0.5, 0.6) is 5.75 Å². The third-order valence-corrected chi connectivity index (χ3v) is 4.52. The summed E-state index contributed by atoms with van der Waals surface area (Å²) in [5, 5.41) is 16.0. The minimum Gasteiger partial charge on any atom is -0.508 e. The van der Waals surface area contributed by atoms with E-state index in [1.165, 1.54) is 18.3 Å². The number of anilines is 1. The minimum absolute atomic E-state index is 0.0549. The van der Waals surface area contributed by atoms with Crippen molar-refractivity contribution in [3.8, 4) is 5.75 Å². The lowest BCUT2D eigenvalue weighted by Gasteiger charge is -2.12. The molecular formula is C25H24N4O3. The number of phenolic OH excluding ortho intramolecular Hbond substituents is 1. The van der Waals surface area contributed by atoms with Crippen LogP contribution in [0.4, 0.5) is 5.69 Å². The lowest BCUT2D eigenvalue weighted by atomic mass is 10.1. The monoisotopic (exact) mass is 428 g/mol. The number of rotatable bonds is 7. The molecule has 0 radical (unpaired) electrons. The Labute approximate surface area is 186 Å². The maximum atomic E-state index is 12.8. The minimum atomic E-state index is -0.569. The number of hydrazone groups is 1. The number of hydrogen-bond donors (Lipinski definition) is 3. The molecular weight excluding hydrogens is 404 g/mol. The quantitative estimate of drug-likeness (QED) is 0.306. The van der Waals surface area contributed by atoms with Gasteiger partial charge in [-0.05, 0) is 65.7 Å². The molecule has 3 aromatic carbocycles. The zero-order chi connectivity index (χ0) is 22.9. The van der Waals surface area contributed by atoms with Crippen LogP contribution in [0.1, 0.15) is 21.5 Å². The van der Waals surface area contributed by atoms with Gasteiger partial charge in [0.05, 0.1) is 6.21 Å². The Balaban J connectivity index is 1.80. The van der Waals surface area contributed by atoms with Gasteiger partial charge in [-0.25, -0.2) is 5.43 Å². The van der Waals surface area contributed by atoms with Gasteiger partial charge in [0.25, 0.3) is 11.8 Å². The van der Waals surface area contributed by atoms with Crippen molar-refractivity contribution in [2.45, 2.75) is 0 Å². The molecule has 3 rings (SSSR count). The number of benzene rings is 3. The summed E-state index contributed by atoms with van der Waals surface area (Å²) < 4.78 is 0. The van der Waals surface area contributed by atoms with Crippen molar-refractivity contribution in [2.24, 2.45) is 5.10 Å². The van der Waals surface area contributed by atoms with Crippen molar-refractivity contribution in [3.63, 3.8) is 0 Å². The van der Waals surface area contributed by atoms with Crippen LogP contribution in [0, 0.1) is 0 Å². The van der Waals surface area contributed by atoms with E-state index in [0.29, 0.717) is 11.1 Å². The van der Waals surface area contributed by atoms with Gasteiger partial charge < -0.3 is 15.3 Å². The van der Waals surface area contributed by atoms with Gasteiger partial charge in [0.1, 0.15) is 11.4 Å². The number of nitrogens with zero attached hydrogens (tertiary/aromatic N) is 2. The van der Waals surface area contributed by atoms with Gasteiger partial charge in [-0.1, -0.05) is 30.3 Å². The second-order valence-electron chi connectivity index (χ2n) is 7.15. The molecule has 32 heavy (non-hydrogen) atoms. The maximum Gasteiger partial charge on any atom is 0.287 e. The van der Waals surface area contributed by atoms with Gasteiger partial charge in [-0.15, -0.1) is 0 Å².